The maximum absolute atomic E-state index is 11.7. The molecule has 1 aliphatic carbocycles. The highest BCUT2D eigenvalue weighted by Crippen LogP contribution is 2.44. The number of aliphatic imine (C=N–C) groups is 1. The zero-order chi connectivity index (χ0) is 12.0. The van der Waals surface area contributed by atoms with E-state index in [0.717, 1.165) is 15.8 Å². The van der Waals surface area contributed by atoms with Crippen LogP contribution >= 0.6 is 11.8 Å². The van der Waals surface area contributed by atoms with E-state index < -0.39 is 0 Å². The van der Waals surface area contributed by atoms with Gasteiger partial charge in [0.2, 0.25) is 0 Å². The van der Waals surface area contributed by atoms with Crippen molar-refractivity contribution in [2.24, 2.45) is 4.99 Å². The van der Waals surface area contributed by atoms with E-state index in [9.17, 15) is 4.79 Å². The van der Waals surface area contributed by atoms with Gasteiger partial charge in [0.05, 0.1) is 17.0 Å². The van der Waals surface area contributed by atoms with E-state index in [4.69, 9.17) is 4.99 Å². The Morgan fingerprint density at radius 3 is 3.00 bits per heavy atom. The van der Waals surface area contributed by atoms with Crippen LogP contribution in [0.4, 0.5) is 0 Å². The molecule has 2 atom stereocenters. The average Bonchev–Trinajstić information content (AvgIpc) is 2.85. The van der Waals surface area contributed by atoms with Crippen LogP contribution in [0, 0.1) is 0 Å². The smallest absolute Gasteiger partial charge is 0.259 e. The van der Waals surface area contributed by atoms with Gasteiger partial charge in [-0.25, -0.2) is 0 Å². The van der Waals surface area contributed by atoms with E-state index in [1.54, 1.807) is 7.05 Å². The fourth-order valence-electron chi connectivity index (χ4n) is 2.96. The molecule has 1 saturated carbocycles. The Bertz CT molecular complexity index is 429. The summed E-state index contributed by atoms with van der Waals surface area (Å²) in [4.78, 5) is 19.6. The van der Waals surface area contributed by atoms with Crippen LogP contribution < -0.4 is 5.32 Å². The van der Waals surface area contributed by atoms with Crippen molar-refractivity contribution in [1.82, 2.24) is 10.2 Å². The average molecular weight is 251 g/mol. The summed E-state index contributed by atoms with van der Waals surface area (Å²) in [5, 5.41) is 3.74. The topological polar surface area (TPSA) is 44.7 Å². The second-order valence-electron chi connectivity index (χ2n) is 4.80. The Labute approximate surface area is 106 Å². The first-order chi connectivity index (χ1) is 8.22. The molecule has 0 spiro atoms. The van der Waals surface area contributed by atoms with Gasteiger partial charge in [-0.2, -0.15) is 0 Å². The van der Waals surface area contributed by atoms with E-state index in [2.05, 4.69) is 10.2 Å². The van der Waals surface area contributed by atoms with Gasteiger partial charge in [0, 0.05) is 12.7 Å². The van der Waals surface area contributed by atoms with E-state index in [1.807, 2.05) is 6.92 Å². The van der Waals surface area contributed by atoms with Crippen LogP contribution in [-0.2, 0) is 4.79 Å². The lowest BCUT2D eigenvalue weighted by molar-refractivity contribution is -0.116. The predicted molar refractivity (Wildman–Crippen MR) is 69.7 cm³/mol. The van der Waals surface area contributed by atoms with Crippen molar-refractivity contribution in [1.29, 1.82) is 0 Å². The molecule has 4 nitrogen and oxygen atoms in total. The van der Waals surface area contributed by atoms with E-state index in [0.29, 0.717) is 12.1 Å². The lowest BCUT2D eigenvalue weighted by Crippen LogP contribution is -2.38. The molecule has 0 aromatic heterocycles. The molecule has 0 unspecified atom stereocenters. The number of carbonyl (C=O) groups is 1. The second-order valence-corrected chi connectivity index (χ2v) is 5.77. The van der Waals surface area contributed by atoms with Gasteiger partial charge >= 0.3 is 0 Å². The lowest BCUT2D eigenvalue weighted by atomic mass is 9.90. The van der Waals surface area contributed by atoms with Crippen LogP contribution in [-0.4, -0.2) is 35.1 Å². The third kappa shape index (κ3) is 1.59. The molecule has 3 rings (SSSR count). The molecule has 2 heterocycles. The first-order valence-electron chi connectivity index (χ1n) is 6.20. The Morgan fingerprint density at radius 1 is 1.47 bits per heavy atom. The summed E-state index contributed by atoms with van der Waals surface area (Å²) < 4.78 is 0. The number of amidine groups is 1. The molecule has 0 saturated heterocycles. The predicted octanol–water partition coefficient (Wildman–Crippen LogP) is 1.69. The zero-order valence-corrected chi connectivity index (χ0v) is 11.0. The molecule has 92 valence electrons. The summed E-state index contributed by atoms with van der Waals surface area (Å²) in [7, 11) is 1.68. The zero-order valence-electron chi connectivity index (χ0n) is 10.2. The molecule has 2 aliphatic heterocycles. The number of likely N-dealkylation sites (N-methyl/N-ethyl adjacent to an activating group) is 1. The summed E-state index contributed by atoms with van der Waals surface area (Å²) in [6, 6.07) is 0.973. The van der Waals surface area contributed by atoms with Gasteiger partial charge in [-0.05, 0) is 31.5 Å². The van der Waals surface area contributed by atoms with Crippen molar-refractivity contribution in [3.8, 4) is 0 Å². The standard InChI is InChI=1S/C12H17N3OS/c1-7-10(11(16)13-2)17-12-14-8-5-3-4-6-9(8)15(7)12/h8-9H,3-6H2,1-2H3,(H,13,16)/t8-,9+/m0/s1. The molecule has 1 N–H and O–H groups in total. The van der Waals surface area contributed by atoms with Gasteiger partial charge in [-0.3, -0.25) is 9.79 Å². The maximum Gasteiger partial charge on any atom is 0.259 e. The molecule has 0 radical (unpaired) electrons. The van der Waals surface area contributed by atoms with Crippen molar-refractivity contribution in [2.45, 2.75) is 44.7 Å². The Balaban J connectivity index is 1.90. The molecule has 17 heavy (non-hydrogen) atoms. The van der Waals surface area contributed by atoms with E-state index in [1.165, 1.54) is 37.4 Å². The molecule has 0 bridgehead atoms. The van der Waals surface area contributed by atoms with Gasteiger partial charge < -0.3 is 10.2 Å². The lowest BCUT2D eigenvalue weighted by Gasteiger charge is -2.31. The number of nitrogens with one attached hydrogen (secondary N) is 1. The minimum Gasteiger partial charge on any atom is -0.355 e. The van der Waals surface area contributed by atoms with Crippen molar-refractivity contribution in [3.05, 3.63) is 10.6 Å². The molecule has 0 aromatic carbocycles. The molecular formula is C12H17N3OS. The van der Waals surface area contributed by atoms with Gasteiger partial charge in [0.15, 0.2) is 5.17 Å². The highest BCUT2D eigenvalue weighted by molar-refractivity contribution is 8.18. The number of carbonyl (C=O) groups excluding carboxylic acids is 1. The SMILES string of the molecule is CNC(=O)C1=C(C)N2C(=N[C@H]3CCCC[C@H]32)S1. The van der Waals surface area contributed by atoms with Gasteiger partial charge in [0.25, 0.3) is 5.91 Å². The summed E-state index contributed by atoms with van der Waals surface area (Å²) in [5.74, 6) is 0.0111. The van der Waals surface area contributed by atoms with Crippen molar-refractivity contribution in [2.75, 3.05) is 7.05 Å². The largest absolute Gasteiger partial charge is 0.355 e. The Hall–Kier alpha value is -0.970. The van der Waals surface area contributed by atoms with Crippen LogP contribution in [0.3, 0.4) is 0 Å². The minimum atomic E-state index is 0.0111. The van der Waals surface area contributed by atoms with Crippen molar-refractivity contribution in [3.63, 3.8) is 0 Å². The molecular weight excluding hydrogens is 234 g/mol. The number of rotatable bonds is 1. The number of nitrogens with zero attached hydrogens (tertiary/aromatic N) is 2. The normalized spacial score (nSPS) is 31.2. The van der Waals surface area contributed by atoms with Gasteiger partial charge in [-0.15, -0.1) is 0 Å². The van der Waals surface area contributed by atoms with Gasteiger partial charge in [0.1, 0.15) is 0 Å². The number of fused-ring (bicyclic) bond motifs is 3. The highest BCUT2D eigenvalue weighted by atomic mass is 32.2. The molecule has 1 amide bonds. The van der Waals surface area contributed by atoms with Crippen LogP contribution in [0.2, 0.25) is 0 Å². The third-order valence-electron chi connectivity index (χ3n) is 3.82. The maximum atomic E-state index is 11.7. The number of allylic oxidation sites excluding steroid dienone is 1. The first-order valence-corrected chi connectivity index (χ1v) is 7.02. The number of thioether (sulfide) groups is 1. The van der Waals surface area contributed by atoms with E-state index in [-0.39, 0.29) is 5.91 Å². The van der Waals surface area contributed by atoms with Crippen LogP contribution in [0.25, 0.3) is 0 Å². The van der Waals surface area contributed by atoms with Crippen molar-refractivity contribution < 1.29 is 4.79 Å². The van der Waals surface area contributed by atoms with Crippen LogP contribution in [0.1, 0.15) is 32.6 Å². The monoisotopic (exact) mass is 251 g/mol. The summed E-state index contributed by atoms with van der Waals surface area (Å²) >= 11 is 1.53. The van der Waals surface area contributed by atoms with Crippen LogP contribution in [0.5, 0.6) is 0 Å². The Morgan fingerprint density at radius 2 is 2.24 bits per heavy atom. The fraction of sp³-hybridized carbons (Fsp3) is 0.667. The molecule has 0 aromatic rings. The third-order valence-corrected chi connectivity index (χ3v) is 4.99. The van der Waals surface area contributed by atoms with E-state index >= 15 is 0 Å². The molecule has 1 fully saturated rings. The number of hydrogen-bond acceptors (Lipinski definition) is 4. The molecule has 3 aliphatic rings. The highest BCUT2D eigenvalue weighted by Gasteiger charge is 2.44. The second kappa shape index (κ2) is 4.05. The first kappa shape index (κ1) is 11.1. The van der Waals surface area contributed by atoms with Crippen LogP contribution in [0.15, 0.2) is 15.6 Å². The summed E-state index contributed by atoms with van der Waals surface area (Å²) in [6.45, 7) is 2.04. The van der Waals surface area contributed by atoms with Gasteiger partial charge in [-0.1, -0.05) is 12.8 Å². The molecule has 5 heteroatoms. The van der Waals surface area contributed by atoms with Crippen molar-refractivity contribution >= 4 is 22.8 Å². The summed E-state index contributed by atoms with van der Waals surface area (Å²) in [6.07, 6.45) is 4.99. The number of amides is 1. The quantitative estimate of drug-likeness (QED) is 0.771. The Kier molecular flexibility index (Phi) is 2.65. The summed E-state index contributed by atoms with van der Waals surface area (Å²) in [5.41, 5.74) is 1.09. The number of hydrogen-bond donors (Lipinski definition) is 1. The fourth-order valence-corrected chi connectivity index (χ4v) is 4.14. The minimum absolute atomic E-state index is 0.0111.